The van der Waals surface area contributed by atoms with E-state index in [0.717, 1.165) is 22.3 Å². The van der Waals surface area contributed by atoms with Crippen LogP contribution in [0.25, 0.3) is 0 Å². The van der Waals surface area contributed by atoms with Crippen LogP contribution < -0.4 is 4.90 Å². The first-order valence-electron chi connectivity index (χ1n) is 5.95. The van der Waals surface area contributed by atoms with Gasteiger partial charge in [-0.3, -0.25) is 4.79 Å². The lowest BCUT2D eigenvalue weighted by atomic mass is 10.0. The Bertz CT molecular complexity index is 625. The summed E-state index contributed by atoms with van der Waals surface area (Å²) in [6.07, 6.45) is 0. The highest BCUT2D eigenvalue weighted by Crippen LogP contribution is 2.37. The molecule has 1 N–H and O–H groups in total. The zero-order valence-corrected chi connectivity index (χ0v) is 12.4. The summed E-state index contributed by atoms with van der Waals surface area (Å²) in [5.41, 5.74) is 1.96. The summed E-state index contributed by atoms with van der Waals surface area (Å²) in [7, 11) is 0. The Kier molecular flexibility index (Phi) is 3.33. The van der Waals surface area contributed by atoms with E-state index in [-0.39, 0.29) is 0 Å². The minimum absolute atomic E-state index is 0.417. The van der Waals surface area contributed by atoms with Gasteiger partial charge in [-0.15, -0.1) is 11.3 Å². The number of carboxylic acids is 1. The first-order chi connectivity index (χ1) is 9.15. The van der Waals surface area contributed by atoms with E-state index < -0.39 is 11.9 Å². The van der Waals surface area contributed by atoms with Gasteiger partial charge in [-0.05, 0) is 33.6 Å². The Hall–Kier alpha value is -1.33. The van der Waals surface area contributed by atoms with E-state index in [1.807, 2.05) is 29.6 Å². The molecule has 0 saturated carbocycles. The van der Waals surface area contributed by atoms with Crippen LogP contribution >= 0.6 is 27.3 Å². The number of rotatable bonds is 3. The van der Waals surface area contributed by atoms with Gasteiger partial charge in [-0.2, -0.15) is 0 Å². The maximum Gasteiger partial charge on any atom is 0.312 e. The lowest BCUT2D eigenvalue weighted by molar-refractivity contribution is -0.138. The number of para-hydroxylation sites is 1. The monoisotopic (exact) mass is 337 g/mol. The van der Waals surface area contributed by atoms with Crippen LogP contribution in [0.3, 0.4) is 0 Å². The normalized spacial score (nSPS) is 17.5. The molecule has 0 bridgehead atoms. The molecule has 1 unspecified atom stereocenters. The Morgan fingerprint density at radius 2 is 2.26 bits per heavy atom. The summed E-state index contributed by atoms with van der Waals surface area (Å²) in [6, 6.07) is 9.86. The van der Waals surface area contributed by atoms with Gasteiger partial charge in [0.1, 0.15) is 5.92 Å². The molecule has 0 aliphatic carbocycles. The number of aliphatic carboxylic acids is 1. The van der Waals surface area contributed by atoms with E-state index in [9.17, 15) is 9.90 Å². The molecule has 1 atom stereocenters. The van der Waals surface area contributed by atoms with Crippen LogP contribution in [0.4, 0.5) is 5.69 Å². The molecule has 1 aliphatic heterocycles. The lowest BCUT2D eigenvalue weighted by Crippen LogP contribution is -2.23. The standard InChI is InChI=1S/C14H12BrNO2S/c15-9-5-10(19-8-9)6-16-7-12(14(17)18)11-3-1-2-4-13(11)16/h1-5,8,12H,6-7H2,(H,17,18). The number of hydrogen-bond acceptors (Lipinski definition) is 3. The number of hydrogen-bond donors (Lipinski definition) is 1. The molecule has 1 aliphatic rings. The summed E-state index contributed by atoms with van der Waals surface area (Å²) in [6.45, 7) is 1.31. The predicted molar refractivity (Wildman–Crippen MR) is 79.9 cm³/mol. The van der Waals surface area contributed by atoms with Crippen LogP contribution in [0.15, 0.2) is 40.2 Å². The second kappa shape index (κ2) is 4.98. The van der Waals surface area contributed by atoms with Gasteiger partial charge in [0.25, 0.3) is 0 Å². The molecule has 98 valence electrons. The van der Waals surface area contributed by atoms with Crippen molar-refractivity contribution < 1.29 is 9.90 Å². The number of nitrogens with zero attached hydrogens (tertiary/aromatic N) is 1. The van der Waals surface area contributed by atoms with Crippen molar-refractivity contribution in [3.05, 3.63) is 50.6 Å². The van der Waals surface area contributed by atoms with E-state index in [0.29, 0.717) is 6.54 Å². The molecule has 1 aromatic heterocycles. The van der Waals surface area contributed by atoms with Crippen molar-refractivity contribution in [2.24, 2.45) is 0 Å². The molecule has 2 heterocycles. The van der Waals surface area contributed by atoms with Gasteiger partial charge in [-0.25, -0.2) is 0 Å². The smallest absolute Gasteiger partial charge is 0.312 e. The number of fused-ring (bicyclic) bond motifs is 1. The maximum atomic E-state index is 11.3. The highest BCUT2D eigenvalue weighted by atomic mass is 79.9. The van der Waals surface area contributed by atoms with E-state index >= 15 is 0 Å². The molecule has 0 amide bonds. The largest absolute Gasteiger partial charge is 0.481 e. The molecule has 5 heteroatoms. The summed E-state index contributed by atoms with van der Waals surface area (Å²) in [4.78, 5) is 14.7. The van der Waals surface area contributed by atoms with Crippen LogP contribution in [0.5, 0.6) is 0 Å². The Morgan fingerprint density at radius 3 is 2.95 bits per heavy atom. The molecular formula is C14H12BrNO2S. The molecule has 0 spiro atoms. The first kappa shape index (κ1) is 12.7. The Labute approximate surface area is 123 Å². The first-order valence-corrected chi connectivity index (χ1v) is 7.62. The van der Waals surface area contributed by atoms with Crippen molar-refractivity contribution in [2.45, 2.75) is 12.5 Å². The van der Waals surface area contributed by atoms with Crippen molar-refractivity contribution >= 4 is 38.9 Å². The van der Waals surface area contributed by atoms with Crippen LogP contribution in [-0.2, 0) is 11.3 Å². The fraction of sp³-hybridized carbons (Fsp3) is 0.214. The summed E-state index contributed by atoms with van der Waals surface area (Å²) >= 11 is 5.13. The molecule has 3 rings (SSSR count). The Balaban J connectivity index is 1.90. The van der Waals surface area contributed by atoms with Crippen molar-refractivity contribution in [2.75, 3.05) is 11.4 Å². The van der Waals surface area contributed by atoms with Crippen LogP contribution in [-0.4, -0.2) is 17.6 Å². The molecule has 2 aromatic rings. The molecule has 19 heavy (non-hydrogen) atoms. The van der Waals surface area contributed by atoms with Gasteiger partial charge in [-0.1, -0.05) is 18.2 Å². The minimum atomic E-state index is -0.748. The average Bonchev–Trinajstić information content (AvgIpc) is 2.95. The third-order valence-corrected chi connectivity index (χ3v) is 5.00. The average molecular weight is 338 g/mol. The van der Waals surface area contributed by atoms with E-state index in [4.69, 9.17) is 0 Å². The van der Waals surface area contributed by atoms with Gasteiger partial charge in [0.05, 0.1) is 6.54 Å². The minimum Gasteiger partial charge on any atom is -0.481 e. The molecule has 0 saturated heterocycles. The predicted octanol–water partition coefficient (Wildman–Crippen LogP) is 3.70. The lowest BCUT2D eigenvalue weighted by Gasteiger charge is -2.18. The molecule has 3 nitrogen and oxygen atoms in total. The van der Waals surface area contributed by atoms with Crippen LogP contribution in [0, 0.1) is 0 Å². The summed E-state index contributed by atoms with van der Waals surface area (Å²) in [5, 5.41) is 11.4. The third-order valence-electron chi connectivity index (χ3n) is 3.32. The molecular weight excluding hydrogens is 326 g/mol. The van der Waals surface area contributed by atoms with Gasteiger partial charge >= 0.3 is 5.97 Å². The van der Waals surface area contributed by atoms with E-state index in [1.54, 1.807) is 11.3 Å². The van der Waals surface area contributed by atoms with E-state index in [1.165, 1.54) is 4.88 Å². The van der Waals surface area contributed by atoms with Crippen molar-refractivity contribution in [3.8, 4) is 0 Å². The number of thiophene rings is 1. The molecule has 0 fully saturated rings. The van der Waals surface area contributed by atoms with Gasteiger partial charge in [0.15, 0.2) is 0 Å². The third kappa shape index (κ3) is 2.40. The zero-order chi connectivity index (χ0) is 13.4. The van der Waals surface area contributed by atoms with Crippen LogP contribution in [0.2, 0.25) is 0 Å². The quantitative estimate of drug-likeness (QED) is 0.928. The van der Waals surface area contributed by atoms with Crippen molar-refractivity contribution in [3.63, 3.8) is 0 Å². The van der Waals surface area contributed by atoms with E-state index in [2.05, 4.69) is 26.9 Å². The number of halogens is 1. The van der Waals surface area contributed by atoms with Crippen molar-refractivity contribution in [1.82, 2.24) is 0 Å². The fourth-order valence-electron chi connectivity index (χ4n) is 2.47. The van der Waals surface area contributed by atoms with Gasteiger partial charge in [0, 0.05) is 27.0 Å². The molecule has 0 radical (unpaired) electrons. The molecule has 1 aromatic carbocycles. The summed E-state index contributed by atoms with van der Waals surface area (Å²) in [5.74, 6) is -1.16. The van der Waals surface area contributed by atoms with Crippen LogP contribution in [0.1, 0.15) is 16.4 Å². The number of carbonyl (C=O) groups is 1. The SMILES string of the molecule is O=C(O)C1CN(Cc2cc(Br)cs2)c2ccccc21. The highest BCUT2D eigenvalue weighted by Gasteiger charge is 2.33. The Morgan fingerprint density at radius 1 is 1.47 bits per heavy atom. The summed E-state index contributed by atoms with van der Waals surface area (Å²) < 4.78 is 1.08. The number of anilines is 1. The highest BCUT2D eigenvalue weighted by molar-refractivity contribution is 9.10. The number of benzene rings is 1. The second-order valence-corrected chi connectivity index (χ2v) is 6.47. The second-order valence-electron chi connectivity index (χ2n) is 4.56. The zero-order valence-electron chi connectivity index (χ0n) is 10.0. The topological polar surface area (TPSA) is 40.5 Å². The van der Waals surface area contributed by atoms with Gasteiger partial charge in [0.2, 0.25) is 0 Å². The van der Waals surface area contributed by atoms with Gasteiger partial charge < -0.3 is 10.0 Å². The number of carboxylic acid groups (broad SMARTS) is 1. The van der Waals surface area contributed by atoms with Crippen molar-refractivity contribution in [1.29, 1.82) is 0 Å². The maximum absolute atomic E-state index is 11.3. The fourth-order valence-corrected chi connectivity index (χ4v) is 3.94.